The van der Waals surface area contributed by atoms with Crippen LogP contribution in [0.1, 0.15) is 5.56 Å². The summed E-state index contributed by atoms with van der Waals surface area (Å²) < 4.78 is 31.6. The van der Waals surface area contributed by atoms with Crippen molar-refractivity contribution >= 4 is 29.1 Å². The van der Waals surface area contributed by atoms with Crippen molar-refractivity contribution in [2.24, 2.45) is 10.2 Å². The minimum absolute atomic E-state index is 0.0584. The van der Waals surface area contributed by atoms with Crippen LogP contribution in [0.3, 0.4) is 0 Å². The third kappa shape index (κ3) is 3.08. The van der Waals surface area contributed by atoms with Crippen LogP contribution in [-0.2, 0) is 4.79 Å². The minimum Gasteiger partial charge on any atom is -0.494 e. The van der Waals surface area contributed by atoms with Crippen LogP contribution in [0.15, 0.2) is 22.3 Å². The zero-order valence-electron chi connectivity index (χ0n) is 9.81. The SMILES string of the molecule is COc1ccc(C=NN=C2NC(=O)CS2)c(F)c1F. The molecule has 1 aromatic carbocycles. The van der Waals surface area contributed by atoms with Crippen molar-refractivity contribution in [1.29, 1.82) is 0 Å². The predicted octanol–water partition coefficient (Wildman–Crippen LogP) is 1.53. The highest BCUT2D eigenvalue weighted by Crippen LogP contribution is 2.21. The molecule has 19 heavy (non-hydrogen) atoms. The summed E-state index contributed by atoms with van der Waals surface area (Å²) in [5.41, 5.74) is -0.0584. The van der Waals surface area contributed by atoms with Crippen LogP contribution in [0, 0.1) is 11.6 Å². The molecule has 1 amide bonds. The third-order valence-electron chi connectivity index (χ3n) is 2.23. The highest BCUT2D eigenvalue weighted by atomic mass is 32.2. The Labute approximate surface area is 111 Å². The molecule has 0 spiro atoms. The monoisotopic (exact) mass is 285 g/mol. The van der Waals surface area contributed by atoms with E-state index in [4.69, 9.17) is 0 Å². The number of hydrogen-bond acceptors (Lipinski definition) is 5. The lowest BCUT2D eigenvalue weighted by molar-refractivity contribution is -0.116. The Hall–Kier alpha value is -1.96. The van der Waals surface area contributed by atoms with E-state index in [2.05, 4.69) is 20.3 Å². The highest BCUT2D eigenvalue weighted by molar-refractivity contribution is 8.15. The molecule has 1 aliphatic heterocycles. The number of carbonyl (C=O) groups is 1. The van der Waals surface area contributed by atoms with Crippen LogP contribution in [0.2, 0.25) is 0 Å². The molecule has 0 unspecified atom stereocenters. The molecule has 1 aliphatic rings. The number of rotatable bonds is 3. The van der Waals surface area contributed by atoms with Gasteiger partial charge in [0.2, 0.25) is 11.7 Å². The smallest absolute Gasteiger partial charge is 0.236 e. The quantitative estimate of drug-likeness (QED) is 0.676. The second-order valence-electron chi connectivity index (χ2n) is 3.47. The van der Waals surface area contributed by atoms with Crippen LogP contribution in [0.4, 0.5) is 8.78 Å². The molecule has 1 heterocycles. The molecule has 8 heteroatoms. The van der Waals surface area contributed by atoms with E-state index < -0.39 is 11.6 Å². The van der Waals surface area contributed by atoms with E-state index in [1.54, 1.807) is 0 Å². The maximum absolute atomic E-state index is 13.5. The van der Waals surface area contributed by atoms with Gasteiger partial charge < -0.3 is 10.1 Å². The van der Waals surface area contributed by atoms with Gasteiger partial charge in [-0.3, -0.25) is 4.79 Å². The highest BCUT2D eigenvalue weighted by Gasteiger charge is 2.16. The van der Waals surface area contributed by atoms with Gasteiger partial charge in [0.1, 0.15) is 0 Å². The van der Waals surface area contributed by atoms with Gasteiger partial charge in [0.15, 0.2) is 16.7 Å². The van der Waals surface area contributed by atoms with Gasteiger partial charge in [0.25, 0.3) is 0 Å². The van der Waals surface area contributed by atoms with E-state index >= 15 is 0 Å². The van der Waals surface area contributed by atoms with Crippen LogP contribution in [-0.4, -0.2) is 30.2 Å². The Morgan fingerprint density at radius 1 is 1.42 bits per heavy atom. The Kier molecular flexibility index (Phi) is 4.10. The van der Waals surface area contributed by atoms with Crippen molar-refractivity contribution in [3.63, 3.8) is 0 Å². The molecule has 0 atom stereocenters. The minimum atomic E-state index is -1.08. The standard InChI is InChI=1S/C11H9F2N3O2S/c1-18-7-3-2-6(9(12)10(7)13)4-14-16-11-15-8(17)5-19-11/h2-4H,5H2,1H3,(H,15,16,17). The number of methoxy groups -OCH3 is 1. The Bertz CT molecular complexity index is 575. The molecule has 0 radical (unpaired) electrons. The third-order valence-corrected chi connectivity index (χ3v) is 3.09. The normalized spacial score (nSPS) is 17.2. The van der Waals surface area contributed by atoms with Crippen LogP contribution < -0.4 is 10.1 Å². The molecular formula is C11H9F2N3O2S. The molecular weight excluding hydrogens is 276 g/mol. The molecule has 0 bridgehead atoms. The molecule has 0 aromatic heterocycles. The first kappa shape index (κ1) is 13.5. The van der Waals surface area contributed by atoms with Gasteiger partial charge in [-0.2, -0.15) is 9.49 Å². The first-order valence-corrected chi connectivity index (χ1v) is 6.16. The number of ether oxygens (including phenoxy) is 1. The lowest BCUT2D eigenvalue weighted by Gasteiger charge is -2.03. The lowest BCUT2D eigenvalue weighted by Crippen LogP contribution is -2.19. The summed E-state index contributed by atoms with van der Waals surface area (Å²) in [6, 6.07) is 2.61. The van der Waals surface area contributed by atoms with E-state index in [1.807, 2.05) is 0 Å². The summed E-state index contributed by atoms with van der Waals surface area (Å²) in [6.45, 7) is 0. The van der Waals surface area contributed by atoms with Crippen LogP contribution in [0.5, 0.6) is 5.75 Å². The molecule has 1 N–H and O–H groups in total. The van der Waals surface area contributed by atoms with Gasteiger partial charge in [0.05, 0.1) is 19.1 Å². The molecule has 1 aromatic rings. The molecule has 100 valence electrons. The summed E-state index contributed by atoms with van der Waals surface area (Å²) in [4.78, 5) is 10.9. The molecule has 1 fully saturated rings. The van der Waals surface area contributed by atoms with Gasteiger partial charge >= 0.3 is 0 Å². The van der Waals surface area contributed by atoms with Crippen molar-refractivity contribution in [3.8, 4) is 5.75 Å². The maximum Gasteiger partial charge on any atom is 0.236 e. The Morgan fingerprint density at radius 3 is 2.84 bits per heavy atom. The van der Waals surface area contributed by atoms with E-state index in [-0.39, 0.29) is 23.0 Å². The fourth-order valence-electron chi connectivity index (χ4n) is 1.33. The fourth-order valence-corrected chi connectivity index (χ4v) is 1.96. The van der Waals surface area contributed by atoms with E-state index in [0.29, 0.717) is 5.17 Å². The number of thioether (sulfide) groups is 1. The molecule has 0 aliphatic carbocycles. The van der Waals surface area contributed by atoms with E-state index in [9.17, 15) is 13.6 Å². The Balaban J connectivity index is 2.15. The van der Waals surface area contributed by atoms with Gasteiger partial charge in [-0.15, -0.1) is 5.10 Å². The molecule has 1 saturated heterocycles. The van der Waals surface area contributed by atoms with Gasteiger partial charge in [-0.1, -0.05) is 11.8 Å². The number of halogens is 2. The summed E-state index contributed by atoms with van der Waals surface area (Å²) in [7, 11) is 1.25. The summed E-state index contributed by atoms with van der Waals surface area (Å²) >= 11 is 1.19. The number of nitrogens with zero attached hydrogens (tertiary/aromatic N) is 2. The molecule has 5 nitrogen and oxygen atoms in total. The van der Waals surface area contributed by atoms with Crippen molar-refractivity contribution in [2.45, 2.75) is 0 Å². The average Bonchev–Trinajstić information content (AvgIpc) is 2.81. The summed E-state index contributed by atoms with van der Waals surface area (Å²) in [5.74, 6) is -2.21. The van der Waals surface area contributed by atoms with Crippen molar-refractivity contribution < 1.29 is 18.3 Å². The number of amidine groups is 1. The van der Waals surface area contributed by atoms with Crippen molar-refractivity contribution in [2.75, 3.05) is 12.9 Å². The first-order chi connectivity index (χ1) is 9.11. The van der Waals surface area contributed by atoms with Gasteiger partial charge in [-0.05, 0) is 12.1 Å². The fraction of sp³-hybridized carbons (Fsp3) is 0.182. The zero-order chi connectivity index (χ0) is 13.8. The number of carbonyl (C=O) groups excluding carboxylic acids is 1. The van der Waals surface area contributed by atoms with Gasteiger partial charge in [-0.25, -0.2) is 4.39 Å². The number of benzene rings is 1. The number of amides is 1. The van der Waals surface area contributed by atoms with Crippen LogP contribution in [0.25, 0.3) is 0 Å². The van der Waals surface area contributed by atoms with Crippen molar-refractivity contribution in [3.05, 3.63) is 29.3 Å². The lowest BCUT2D eigenvalue weighted by atomic mass is 10.2. The Morgan fingerprint density at radius 2 is 2.21 bits per heavy atom. The topological polar surface area (TPSA) is 63.1 Å². The van der Waals surface area contributed by atoms with Crippen LogP contribution >= 0.6 is 11.8 Å². The zero-order valence-corrected chi connectivity index (χ0v) is 10.6. The first-order valence-electron chi connectivity index (χ1n) is 5.17. The molecule has 0 saturated carbocycles. The number of nitrogens with one attached hydrogen (secondary N) is 1. The second kappa shape index (κ2) is 5.79. The predicted molar refractivity (Wildman–Crippen MR) is 68.5 cm³/mol. The second-order valence-corrected chi connectivity index (χ2v) is 4.44. The van der Waals surface area contributed by atoms with E-state index in [1.165, 1.54) is 31.0 Å². The van der Waals surface area contributed by atoms with Gasteiger partial charge in [0, 0.05) is 5.56 Å². The number of hydrogen-bond donors (Lipinski definition) is 1. The van der Waals surface area contributed by atoms with E-state index in [0.717, 1.165) is 6.21 Å². The van der Waals surface area contributed by atoms with Crippen molar-refractivity contribution in [1.82, 2.24) is 5.32 Å². The molecule has 2 rings (SSSR count). The summed E-state index contributed by atoms with van der Waals surface area (Å²) in [5, 5.41) is 10.1. The largest absolute Gasteiger partial charge is 0.494 e. The average molecular weight is 285 g/mol. The summed E-state index contributed by atoms with van der Waals surface area (Å²) in [6.07, 6.45) is 1.07. The maximum atomic E-state index is 13.5.